The van der Waals surface area contributed by atoms with Crippen LogP contribution in [0, 0.1) is 5.82 Å². The van der Waals surface area contributed by atoms with Crippen molar-refractivity contribution in [1.82, 2.24) is 0 Å². The number of carbonyl (C=O) groups is 2. The summed E-state index contributed by atoms with van der Waals surface area (Å²) in [5.41, 5.74) is 16.6. The van der Waals surface area contributed by atoms with Gasteiger partial charge in [-0.05, 0) is 56.5 Å². The second kappa shape index (κ2) is 15.4. The minimum atomic E-state index is -0.933. The zero-order valence-corrected chi connectivity index (χ0v) is 15.3. The average molecular weight is 369 g/mol. The number of carbonyl (C=O) groups excluding carboxylic acids is 1. The molecule has 1 aliphatic rings. The Labute approximate surface area is 154 Å². The number of unbranched alkanes of at least 4 members (excludes halogenated alkanes) is 1. The number of aldehydes is 1. The van der Waals surface area contributed by atoms with Crippen LogP contribution in [-0.2, 0) is 4.79 Å². The van der Waals surface area contributed by atoms with Gasteiger partial charge in [0.05, 0.1) is 0 Å². The van der Waals surface area contributed by atoms with Gasteiger partial charge in [-0.3, -0.25) is 9.59 Å². The maximum atomic E-state index is 12.1. The number of rotatable bonds is 6. The number of carboxylic acids is 1. The molecule has 6 nitrogen and oxygen atoms in total. The molecule has 1 aromatic carbocycles. The number of benzene rings is 1. The lowest BCUT2D eigenvalue weighted by Crippen LogP contribution is -2.29. The summed E-state index contributed by atoms with van der Waals surface area (Å²) in [5, 5.41) is 8.33. The summed E-state index contributed by atoms with van der Waals surface area (Å²) in [6, 6.07) is 5.19. The van der Waals surface area contributed by atoms with Crippen LogP contribution < -0.4 is 17.2 Å². The minimum absolute atomic E-state index is 0.319. The van der Waals surface area contributed by atoms with Crippen molar-refractivity contribution in [3.05, 3.63) is 35.6 Å². The van der Waals surface area contributed by atoms with Crippen molar-refractivity contribution in [3.63, 3.8) is 0 Å². The van der Waals surface area contributed by atoms with Crippen molar-refractivity contribution < 1.29 is 19.1 Å². The van der Waals surface area contributed by atoms with Gasteiger partial charge < -0.3 is 22.3 Å². The lowest BCUT2D eigenvalue weighted by atomic mass is 9.97. The molecule has 1 atom stereocenters. The number of halogens is 1. The number of hydrogen-bond donors (Lipinski definition) is 4. The highest BCUT2D eigenvalue weighted by Gasteiger charge is 2.09. The molecule has 0 bridgehead atoms. The van der Waals surface area contributed by atoms with E-state index in [9.17, 15) is 14.0 Å². The monoisotopic (exact) mass is 369 g/mol. The third-order valence-electron chi connectivity index (χ3n) is 3.94. The van der Waals surface area contributed by atoms with Gasteiger partial charge in [0.2, 0.25) is 0 Å². The normalized spacial score (nSPS) is 14.9. The van der Waals surface area contributed by atoms with E-state index in [4.69, 9.17) is 22.3 Å². The third kappa shape index (κ3) is 13.5. The van der Waals surface area contributed by atoms with Crippen LogP contribution in [-0.4, -0.2) is 36.0 Å². The Kier molecular flexibility index (Phi) is 14.3. The van der Waals surface area contributed by atoms with Gasteiger partial charge in [0.1, 0.15) is 18.1 Å². The molecule has 2 rings (SSSR count). The summed E-state index contributed by atoms with van der Waals surface area (Å²) in [4.78, 5) is 20.1. The molecule has 0 aromatic heterocycles. The van der Waals surface area contributed by atoms with E-state index in [1.54, 1.807) is 0 Å². The van der Waals surface area contributed by atoms with E-state index < -0.39 is 12.0 Å². The molecule has 26 heavy (non-hydrogen) atoms. The maximum Gasteiger partial charge on any atom is 0.320 e. The zero-order chi connectivity index (χ0) is 19.8. The van der Waals surface area contributed by atoms with Gasteiger partial charge in [-0.25, -0.2) is 4.39 Å². The fourth-order valence-corrected chi connectivity index (χ4v) is 2.31. The van der Waals surface area contributed by atoms with Crippen LogP contribution in [0.1, 0.15) is 61.7 Å². The lowest BCUT2D eigenvalue weighted by molar-refractivity contribution is -0.138. The summed E-state index contributed by atoms with van der Waals surface area (Å²) in [6.07, 6.45) is 9.51. The van der Waals surface area contributed by atoms with Gasteiger partial charge in [0, 0.05) is 11.6 Å². The molecule has 0 radical (unpaired) electrons. The Morgan fingerprint density at radius 3 is 2.15 bits per heavy atom. The van der Waals surface area contributed by atoms with Gasteiger partial charge >= 0.3 is 5.97 Å². The topological polar surface area (TPSA) is 132 Å². The van der Waals surface area contributed by atoms with Crippen molar-refractivity contribution in [3.8, 4) is 0 Å². The first-order valence-corrected chi connectivity index (χ1v) is 9.05. The van der Waals surface area contributed by atoms with Crippen molar-refractivity contribution in [1.29, 1.82) is 0 Å². The zero-order valence-electron chi connectivity index (χ0n) is 15.3. The van der Waals surface area contributed by atoms with Crippen LogP contribution in [0.4, 0.5) is 4.39 Å². The number of carboxylic acid groups (broad SMARTS) is 1. The minimum Gasteiger partial charge on any atom is -0.480 e. The first-order valence-electron chi connectivity index (χ1n) is 9.05. The molecule has 0 unspecified atom stereocenters. The summed E-state index contributed by atoms with van der Waals surface area (Å²) < 4.78 is 12.1. The molecule has 148 valence electrons. The summed E-state index contributed by atoms with van der Waals surface area (Å²) in [5.74, 6) is -1.25. The highest BCUT2D eigenvalue weighted by Crippen LogP contribution is 2.14. The van der Waals surface area contributed by atoms with Gasteiger partial charge in [0.15, 0.2) is 0 Å². The average Bonchev–Trinajstić information content (AvgIpc) is 2.64. The van der Waals surface area contributed by atoms with Crippen LogP contribution >= 0.6 is 0 Å². The Bertz CT molecular complexity index is 491. The molecular formula is C19H32FN3O3. The van der Waals surface area contributed by atoms with Crippen LogP contribution in [0.5, 0.6) is 0 Å². The van der Waals surface area contributed by atoms with Crippen molar-refractivity contribution >= 4 is 12.3 Å². The predicted molar refractivity (Wildman–Crippen MR) is 101 cm³/mol. The van der Waals surface area contributed by atoms with Gasteiger partial charge in [-0.15, -0.1) is 0 Å². The maximum absolute atomic E-state index is 12.1. The Morgan fingerprint density at radius 2 is 1.77 bits per heavy atom. The fraction of sp³-hybridized carbons (Fsp3) is 0.579. The quantitative estimate of drug-likeness (QED) is 0.450. The SMILES string of the molecule is NC1CCCCC1.NCCCC[C@H](N)C(=O)O.O=Cc1ccc(F)cc1. The standard InChI is InChI=1S/C7H5FO.C6H14N2O2.C6H13N/c8-7-3-1-6(5-9)2-4-7;7-4-2-1-3-5(8)6(9)10;7-6-4-2-1-3-5-6/h1-5H;5H,1-4,7-8H2,(H,9,10);6H,1-5,7H2/t;5-;/m.0./s1. The fourth-order valence-electron chi connectivity index (χ4n) is 2.31. The largest absolute Gasteiger partial charge is 0.480 e. The van der Waals surface area contributed by atoms with E-state index in [0.29, 0.717) is 30.9 Å². The van der Waals surface area contributed by atoms with E-state index >= 15 is 0 Å². The number of hydrogen-bond acceptors (Lipinski definition) is 5. The Hall–Kier alpha value is -1.83. The Balaban J connectivity index is 0.000000365. The summed E-state index contributed by atoms with van der Waals surface area (Å²) in [7, 11) is 0. The van der Waals surface area contributed by atoms with Gasteiger partial charge in [0.25, 0.3) is 0 Å². The molecular weight excluding hydrogens is 337 g/mol. The molecule has 0 amide bonds. The van der Waals surface area contributed by atoms with Gasteiger partial charge in [-0.2, -0.15) is 0 Å². The number of nitrogens with two attached hydrogens (primary N) is 3. The predicted octanol–water partition coefficient (Wildman–Crippen LogP) is 2.44. The van der Waals surface area contributed by atoms with E-state index in [2.05, 4.69) is 0 Å². The highest BCUT2D eigenvalue weighted by molar-refractivity contribution is 5.74. The molecule has 0 aliphatic heterocycles. The smallest absolute Gasteiger partial charge is 0.320 e. The summed E-state index contributed by atoms with van der Waals surface area (Å²) >= 11 is 0. The first-order chi connectivity index (χ1) is 12.4. The van der Waals surface area contributed by atoms with Crippen LogP contribution in [0.25, 0.3) is 0 Å². The molecule has 0 heterocycles. The van der Waals surface area contributed by atoms with Crippen molar-refractivity contribution in [2.45, 2.75) is 63.5 Å². The van der Waals surface area contributed by atoms with Crippen molar-refractivity contribution in [2.75, 3.05) is 6.54 Å². The molecule has 1 fully saturated rings. The second-order valence-corrected chi connectivity index (χ2v) is 6.30. The highest BCUT2D eigenvalue weighted by atomic mass is 19.1. The first kappa shape index (κ1) is 24.2. The van der Waals surface area contributed by atoms with Gasteiger partial charge in [-0.1, -0.05) is 25.7 Å². The molecule has 1 aliphatic carbocycles. The van der Waals surface area contributed by atoms with Crippen LogP contribution in [0.3, 0.4) is 0 Å². The second-order valence-electron chi connectivity index (χ2n) is 6.30. The molecule has 0 saturated heterocycles. The van der Waals surface area contributed by atoms with Crippen LogP contribution in [0.2, 0.25) is 0 Å². The summed E-state index contributed by atoms with van der Waals surface area (Å²) in [6.45, 7) is 0.604. The van der Waals surface area contributed by atoms with Crippen LogP contribution in [0.15, 0.2) is 24.3 Å². The van der Waals surface area contributed by atoms with E-state index in [-0.39, 0.29) is 5.82 Å². The Morgan fingerprint density at radius 1 is 1.19 bits per heavy atom. The third-order valence-corrected chi connectivity index (χ3v) is 3.94. The van der Waals surface area contributed by atoms with E-state index in [0.717, 1.165) is 12.8 Å². The van der Waals surface area contributed by atoms with E-state index in [1.165, 1.54) is 56.4 Å². The molecule has 7 N–H and O–H groups in total. The molecule has 0 spiro atoms. The van der Waals surface area contributed by atoms with Crippen molar-refractivity contribution in [2.24, 2.45) is 17.2 Å². The number of aliphatic carboxylic acids is 1. The molecule has 1 saturated carbocycles. The lowest BCUT2D eigenvalue weighted by Gasteiger charge is -2.15. The molecule has 7 heteroatoms. The molecule has 1 aromatic rings. The van der Waals surface area contributed by atoms with E-state index in [1.807, 2.05) is 0 Å².